The first-order chi connectivity index (χ1) is 9.90. The Morgan fingerprint density at radius 2 is 1.76 bits per heavy atom. The van der Waals surface area contributed by atoms with Gasteiger partial charge < -0.3 is 10.6 Å². The smallest absolute Gasteiger partial charge is 0.257 e. The minimum Gasteiger partial charge on any atom is -0.392 e. The van der Waals surface area contributed by atoms with Crippen molar-refractivity contribution < 1.29 is 18.0 Å². The van der Waals surface area contributed by atoms with E-state index in [1.54, 1.807) is 0 Å². The molecule has 0 saturated carbocycles. The van der Waals surface area contributed by atoms with Gasteiger partial charge in [-0.15, -0.1) is 0 Å². The zero-order valence-electron chi connectivity index (χ0n) is 11.1. The fraction of sp³-hybridized carbons (Fsp3) is 0.385. The summed E-state index contributed by atoms with van der Waals surface area (Å²) in [6.07, 6.45) is 0. The molecule has 0 radical (unpaired) electrons. The number of nitrogens with zero attached hydrogens (tertiary/aromatic N) is 2. The summed E-state index contributed by atoms with van der Waals surface area (Å²) in [6.45, 7) is 2.22. The number of hydrogen-bond acceptors (Lipinski definition) is 3. The molecule has 0 aromatic heterocycles. The molecule has 1 aromatic rings. The van der Waals surface area contributed by atoms with Crippen molar-refractivity contribution >= 4 is 23.1 Å². The number of nitrogens with two attached hydrogens (primary N) is 1. The van der Waals surface area contributed by atoms with Gasteiger partial charge in [-0.3, -0.25) is 9.69 Å². The summed E-state index contributed by atoms with van der Waals surface area (Å²) < 4.78 is 39.6. The van der Waals surface area contributed by atoms with Gasteiger partial charge in [0.05, 0.1) is 10.6 Å². The van der Waals surface area contributed by atoms with Crippen molar-refractivity contribution in [3.05, 3.63) is 35.1 Å². The summed E-state index contributed by atoms with van der Waals surface area (Å²) in [5.74, 6) is -5.05. The first-order valence-electron chi connectivity index (χ1n) is 6.33. The molecule has 8 heteroatoms. The van der Waals surface area contributed by atoms with Gasteiger partial charge in [-0.25, -0.2) is 13.2 Å². The maximum absolute atomic E-state index is 13.6. The SMILES string of the molecule is NC(=S)CN1CCN(C(=O)c2ccc(F)c(F)c2F)CC1. The topological polar surface area (TPSA) is 49.6 Å². The highest BCUT2D eigenvalue weighted by atomic mass is 32.1. The van der Waals surface area contributed by atoms with E-state index in [1.807, 2.05) is 4.90 Å². The van der Waals surface area contributed by atoms with Gasteiger partial charge >= 0.3 is 0 Å². The van der Waals surface area contributed by atoms with Crippen LogP contribution in [-0.4, -0.2) is 53.4 Å². The predicted molar refractivity (Wildman–Crippen MR) is 75.4 cm³/mol. The maximum atomic E-state index is 13.6. The number of halogens is 3. The number of rotatable bonds is 3. The standard InChI is InChI=1S/C13H14F3N3OS/c14-9-2-1-8(11(15)12(9)16)13(20)19-5-3-18(4-6-19)7-10(17)21/h1-2H,3-7H2,(H2,17,21). The normalized spacial score (nSPS) is 16.0. The molecule has 1 amide bonds. The highest BCUT2D eigenvalue weighted by Gasteiger charge is 2.26. The molecule has 0 unspecified atom stereocenters. The summed E-state index contributed by atoms with van der Waals surface area (Å²) in [4.78, 5) is 15.9. The Balaban J connectivity index is 2.06. The highest BCUT2D eigenvalue weighted by Crippen LogP contribution is 2.17. The molecule has 0 aliphatic carbocycles. The second-order valence-electron chi connectivity index (χ2n) is 4.76. The van der Waals surface area contributed by atoms with E-state index in [0.717, 1.165) is 12.1 Å². The molecule has 0 atom stereocenters. The first kappa shape index (κ1) is 15.7. The number of carbonyl (C=O) groups excluding carboxylic acids is 1. The minimum absolute atomic E-state index is 0.347. The van der Waals surface area contributed by atoms with Crippen LogP contribution >= 0.6 is 12.2 Å². The molecule has 114 valence electrons. The third-order valence-corrected chi connectivity index (χ3v) is 3.43. The molecule has 1 heterocycles. The molecular formula is C13H14F3N3OS. The van der Waals surface area contributed by atoms with Crippen LogP contribution in [0.5, 0.6) is 0 Å². The van der Waals surface area contributed by atoms with Crippen LogP contribution in [0.25, 0.3) is 0 Å². The lowest BCUT2D eigenvalue weighted by Gasteiger charge is -2.34. The predicted octanol–water partition coefficient (Wildman–Crippen LogP) is 1.15. The van der Waals surface area contributed by atoms with Crippen LogP contribution < -0.4 is 5.73 Å². The van der Waals surface area contributed by atoms with E-state index in [2.05, 4.69) is 0 Å². The van der Waals surface area contributed by atoms with Crippen molar-refractivity contribution in [2.45, 2.75) is 0 Å². The van der Waals surface area contributed by atoms with Gasteiger partial charge in [0, 0.05) is 32.7 Å². The maximum Gasteiger partial charge on any atom is 0.257 e. The van der Waals surface area contributed by atoms with E-state index in [4.69, 9.17) is 18.0 Å². The first-order valence-corrected chi connectivity index (χ1v) is 6.74. The van der Waals surface area contributed by atoms with Crippen LogP contribution in [-0.2, 0) is 0 Å². The number of carbonyl (C=O) groups is 1. The van der Waals surface area contributed by atoms with Crippen LogP contribution in [0.4, 0.5) is 13.2 Å². The Bertz CT molecular complexity index is 574. The largest absolute Gasteiger partial charge is 0.392 e. The Morgan fingerprint density at radius 1 is 1.14 bits per heavy atom. The zero-order valence-corrected chi connectivity index (χ0v) is 11.9. The Hall–Kier alpha value is -1.67. The lowest BCUT2D eigenvalue weighted by molar-refractivity contribution is 0.0648. The van der Waals surface area contributed by atoms with Crippen molar-refractivity contribution in [2.24, 2.45) is 5.73 Å². The lowest BCUT2D eigenvalue weighted by Crippen LogP contribution is -2.50. The number of benzene rings is 1. The van der Waals surface area contributed by atoms with Crippen LogP contribution in [0.15, 0.2) is 12.1 Å². The molecule has 2 N–H and O–H groups in total. The molecule has 1 aromatic carbocycles. The molecule has 2 rings (SSSR count). The number of piperazine rings is 1. The summed E-state index contributed by atoms with van der Waals surface area (Å²) in [6, 6.07) is 1.70. The van der Waals surface area contributed by atoms with Crippen molar-refractivity contribution in [3.63, 3.8) is 0 Å². The highest BCUT2D eigenvalue weighted by molar-refractivity contribution is 7.80. The molecule has 0 spiro atoms. The molecule has 1 aliphatic rings. The Kier molecular flexibility index (Phi) is 4.79. The zero-order chi connectivity index (χ0) is 15.6. The average molecular weight is 317 g/mol. The molecule has 4 nitrogen and oxygen atoms in total. The third-order valence-electron chi connectivity index (χ3n) is 3.30. The Morgan fingerprint density at radius 3 is 2.33 bits per heavy atom. The summed E-state index contributed by atoms with van der Waals surface area (Å²) in [7, 11) is 0. The van der Waals surface area contributed by atoms with E-state index in [-0.39, 0.29) is 0 Å². The molecule has 1 saturated heterocycles. The van der Waals surface area contributed by atoms with E-state index < -0.39 is 28.9 Å². The molecule has 1 fully saturated rings. The second kappa shape index (κ2) is 6.40. The minimum atomic E-state index is -1.63. The molecule has 0 bridgehead atoms. The molecule has 21 heavy (non-hydrogen) atoms. The summed E-state index contributed by atoms with van der Waals surface area (Å²) in [5, 5.41) is 0. The summed E-state index contributed by atoms with van der Waals surface area (Å²) >= 11 is 4.81. The van der Waals surface area contributed by atoms with Crippen molar-refractivity contribution in [1.29, 1.82) is 0 Å². The van der Waals surface area contributed by atoms with Crippen LogP contribution in [0.1, 0.15) is 10.4 Å². The fourth-order valence-electron chi connectivity index (χ4n) is 2.19. The van der Waals surface area contributed by atoms with E-state index in [1.165, 1.54) is 4.90 Å². The van der Waals surface area contributed by atoms with Crippen molar-refractivity contribution in [1.82, 2.24) is 9.80 Å². The van der Waals surface area contributed by atoms with Gasteiger partial charge in [0.2, 0.25) is 0 Å². The van der Waals surface area contributed by atoms with E-state index >= 15 is 0 Å². The van der Waals surface area contributed by atoms with Gasteiger partial charge in [-0.2, -0.15) is 0 Å². The Labute approximate surface area is 125 Å². The van der Waals surface area contributed by atoms with Crippen LogP contribution in [0.2, 0.25) is 0 Å². The fourth-order valence-corrected chi connectivity index (χ4v) is 2.37. The van der Waals surface area contributed by atoms with Gasteiger partial charge in [-0.05, 0) is 12.1 Å². The van der Waals surface area contributed by atoms with Gasteiger partial charge in [-0.1, -0.05) is 12.2 Å². The summed E-state index contributed by atoms with van der Waals surface area (Å²) in [5.41, 5.74) is 4.98. The van der Waals surface area contributed by atoms with E-state index in [0.29, 0.717) is 37.7 Å². The van der Waals surface area contributed by atoms with Crippen molar-refractivity contribution in [3.8, 4) is 0 Å². The van der Waals surface area contributed by atoms with E-state index in [9.17, 15) is 18.0 Å². The van der Waals surface area contributed by atoms with Crippen LogP contribution in [0.3, 0.4) is 0 Å². The molecular weight excluding hydrogens is 303 g/mol. The van der Waals surface area contributed by atoms with Gasteiger partial charge in [0.1, 0.15) is 0 Å². The third kappa shape index (κ3) is 3.51. The number of amides is 1. The molecule has 1 aliphatic heterocycles. The van der Waals surface area contributed by atoms with Gasteiger partial charge in [0.15, 0.2) is 17.5 Å². The van der Waals surface area contributed by atoms with Crippen LogP contribution in [0, 0.1) is 17.5 Å². The average Bonchev–Trinajstić information content (AvgIpc) is 2.44. The van der Waals surface area contributed by atoms with Crippen molar-refractivity contribution in [2.75, 3.05) is 32.7 Å². The van der Waals surface area contributed by atoms with Gasteiger partial charge in [0.25, 0.3) is 5.91 Å². The monoisotopic (exact) mass is 317 g/mol. The lowest BCUT2D eigenvalue weighted by atomic mass is 10.1. The number of thiocarbonyl (C=S) groups is 1. The second-order valence-corrected chi connectivity index (χ2v) is 5.28. The number of hydrogen-bond donors (Lipinski definition) is 1. The quantitative estimate of drug-likeness (QED) is 0.671.